The Morgan fingerprint density at radius 3 is 2.59 bits per heavy atom. The summed E-state index contributed by atoms with van der Waals surface area (Å²) in [4.78, 5) is 10.2. The van der Waals surface area contributed by atoms with Crippen LogP contribution in [0.5, 0.6) is 0 Å². The Hall–Kier alpha value is -0.580. The number of nitrogens with one attached hydrogen (secondary N) is 1. The van der Waals surface area contributed by atoms with E-state index in [2.05, 4.69) is 41.0 Å². The predicted molar refractivity (Wildman–Crippen MR) is 72.9 cm³/mol. The highest BCUT2D eigenvalue weighted by Gasteiger charge is 2.10. The third kappa shape index (κ3) is 4.66. The molecular weight excluding hydrogens is 259 g/mol. The zero-order valence-electron chi connectivity index (χ0n) is 10.4. The van der Waals surface area contributed by atoms with E-state index in [9.17, 15) is 0 Å². The van der Waals surface area contributed by atoms with Crippen LogP contribution in [0.4, 0.5) is 5.82 Å². The van der Waals surface area contributed by atoms with E-state index >= 15 is 0 Å². The Morgan fingerprint density at radius 2 is 2.00 bits per heavy atom. The van der Waals surface area contributed by atoms with Crippen LogP contribution >= 0.6 is 23.2 Å². The Bertz CT molecular complexity index is 355. The van der Waals surface area contributed by atoms with Crippen molar-refractivity contribution in [3.05, 3.63) is 16.5 Å². The highest BCUT2D eigenvalue weighted by atomic mass is 35.5. The molecule has 0 aliphatic heterocycles. The lowest BCUT2D eigenvalue weighted by molar-refractivity contribution is 0.294. The lowest BCUT2D eigenvalue weighted by atomic mass is 10.3. The zero-order valence-corrected chi connectivity index (χ0v) is 11.9. The molecule has 0 saturated carbocycles. The van der Waals surface area contributed by atoms with Crippen LogP contribution in [0.3, 0.4) is 0 Å². The molecule has 1 aromatic heterocycles. The van der Waals surface area contributed by atoms with Crippen molar-refractivity contribution in [3.8, 4) is 0 Å². The van der Waals surface area contributed by atoms with Gasteiger partial charge in [-0.3, -0.25) is 0 Å². The van der Waals surface area contributed by atoms with Crippen molar-refractivity contribution in [2.24, 2.45) is 0 Å². The second kappa shape index (κ2) is 6.99. The SMILES string of the molecule is CCN(CC)CC(C)Nc1nc(Cl)ncc1Cl. The minimum Gasteiger partial charge on any atom is -0.365 e. The van der Waals surface area contributed by atoms with Crippen LogP contribution in [0.2, 0.25) is 10.3 Å². The molecule has 1 N–H and O–H groups in total. The third-order valence-corrected chi connectivity index (χ3v) is 2.98. The van der Waals surface area contributed by atoms with E-state index in [1.54, 1.807) is 0 Å². The van der Waals surface area contributed by atoms with Crippen LogP contribution in [0, 0.1) is 0 Å². The maximum Gasteiger partial charge on any atom is 0.224 e. The molecule has 96 valence electrons. The fourth-order valence-electron chi connectivity index (χ4n) is 1.59. The molecule has 0 bridgehead atoms. The third-order valence-electron chi connectivity index (χ3n) is 2.52. The second-order valence-corrected chi connectivity index (χ2v) is 4.61. The number of halogens is 2. The molecule has 1 unspecified atom stereocenters. The normalized spacial score (nSPS) is 12.8. The summed E-state index contributed by atoms with van der Waals surface area (Å²) < 4.78 is 0. The molecule has 6 heteroatoms. The number of aromatic nitrogens is 2. The van der Waals surface area contributed by atoms with E-state index in [1.165, 1.54) is 6.20 Å². The van der Waals surface area contributed by atoms with Gasteiger partial charge in [-0.2, -0.15) is 4.98 Å². The highest BCUT2D eigenvalue weighted by Crippen LogP contribution is 2.20. The van der Waals surface area contributed by atoms with Crippen molar-refractivity contribution in [1.82, 2.24) is 14.9 Å². The van der Waals surface area contributed by atoms with E-state index in [0.717, 1.165) is 19.6 Å². The Morgan fingerprint density at radius 1 is 1.35 bits per heavy atom. The molecule has 0 saturated heterocycles. The molecule has 4 nitrogen and oxygen atoms in total. The lowest BCUT2D eigenvalue weighted by Gasteiger charge is -2.23. The number of nitrogens with zero attached hydrogens (tertiary/aromatic N) is 3. The van der Waals surface area contributed by atoms with E-state index in [-0.39, 0.29) is 11.3 Å². The molecule has 0 aliphatic carbocycles. The molecule has 0 spiro atoms. The van der Waals surface area contributed by atoms with Gasteiger partial charge in [-0.05, 0) is 31.6 Å². The van der Waals surface area contributed by atoms with Crippen LogP contribution in [-0.4, -0.2) is 40.5 Å². The van der Waals surface area contributed by atoms with E-state index in [4.69, 9.17) is 23.2 Å². The van der Waals surface area contributed by atoms with Crippen LogP contribution in [0.25, 0.3) is 0 Å². The van der Waals surface area contributed by atoms with E-state index in [1.807, 2.05) is 0 Å². The Labute approximate surface area is 112 Å². The molecule has 0 amide bonds. The van der Waals surface area contributed by atoms with Crippen LogP contribution in [0.15, 0.2) is 6.20 Å². The fourth-order valence-corrected chi connectivity index (χ4v) is 1.87. The number of anilines is 1. The molecule has 0 aromatic carbocycles. The van der Waals surface area contributed by atoms with Gasteiger partial charge in [-0.25, -0.2) is 4.98 Å². The predicted octanol–water partition coefficient (Wildman–Crippen LogP) is 2.93. The van der Waals surface area contributed by atoms with Gasteiger partial charge in [0.05, 0.1) is 6.20 Å². The first-order chi connectivity index (χ1) is 8.06. The molecule has 1 rings (SSSR count). The first-order valence-electron chi connectivity index (χ1n) is 5.73. The summed E-state index contributed by atoms with van der Waals surface area (Å²) in [6.45, 7) is 9.37. The van der Waals surface area contributed by atoms with Gasteiger partial charge < -0.3 is 10.2 Å². The maximum absolute atomic E-state index is 5.98. The van der Waals surface area contributed by atoms with Gasteiger partial charge in [0.15, 0.2) is 0 Å². The quantitative estimate of drug-likeness (QED) is 0.812. The van der Waals surface area contributed by atoms with Crippen LogP contribution in [0.1, 0.15) is 20.8 Å². The summed E-state index contributed by atoms with van der Waals surface area (Å²) >= 11 is 11.7. The van der Waals surface area contributed by atoms with Gasteiger partial charge in [0, 0.05) is 12.6 Å². The minimum atomic E-state index is 0.201. The van der Waals surface area contributed by atoms with Gasteiger partial charge in [-0.1, -0.05) is 25.4 Å². The van der Waals surface area contributed by atoms with E-state index in [0.29, 0.717) is 10.8 Å². The molecule has 1 atom stereocenters. The molecule has 1 aromatic rings. The van der Waals surface area contributed by atoms with Crippen LogP contribution in [-0.2, 0) is 0 Å². The number of hydrogen-bond acceptors (Lipinski definition) is 4. The molecule has 0 radical (unpaired) electrons. The molecule has 17 heavy (non-hydrogen) atoms. The van der Waals surface area contributed by atoms with Gasteiger partial charge in [0.2, 0.25) is 5.28 Å². The monoisotopic (exact) mass is 276 g/mol. The lowest BCUT2D eigenvalue weighted by Crippen LogP contribution is -2.35. The smallest absolute Gasteiger partial charge is 0.224 e. The first-order valence-corrected chi connectivity index (χ1v) is 6.49. The maximum atomic E-state index is 5.98. The molecule has 0 fully saturated rings. The van der Waals surface area contributed by atoms with Gasteiger partial charge in [0.25, 0.3) is 0 Å². The molecule has 1 heterocycles. The summed E-state index contributed by atoms with van der Waals surface area (Å²) in [5, 5.41) is 3.93. The summed E-state index contributed by atoms with van der Waals surface area (Å²) in [6.07, 6.45) is 1.50. The standard InChI is InChI=1S/C11H18Cl2N4/c1-4-17(5-2)7-8(3)15-10-9(12)6-14-11(13)16-10/h6,8H,4-5,7H2,1-3H3,(H,14,15,16). The van der Waals surface area contributed by atoms with Crippen molar-refractivity contribution in [3.63, 3.8) is 0 Å². The van der Waals surface area contributed by atoms with Crippen molar-refractivity contribution in [2.75, 3.05) is 25.0 Å². The zero-order chi connectivity index (χ0) is 12.8. The molecular formula is C11H18Cl2N4. The number of likely N-dealkylation sites (N-methyl/N-ethyl adjacent to an activating group) is 1. The topological polar surface area (TPSA) is 41.0 Å². The van der Waals surface area contributed by atoms with E-state index < -0.39 is 0 Å². The summed E-state index contributed by atoms with van der Waals surface area (Å²) in [5.74, 6) is 0.589. The van der Waals surface area contributed by atoms with Gasteiger partial charge >= 0.3 is 0 Å². The Kier molecular flexibility index (Phi) is 5.95. The summed E-state index contributed by atoms with van der Waals surface area (Å²) in [5.41, 5.74) is 0. The highest BCUT2D eigenvalue weighted by molar-refractivity contribution is 6.33. The first kappa shape index (κ1) is 14.5. The minimum absolute atomic E-state index is 0.201. The summed E-state index contributed by atoms with van der Waals surface area (Å²) in [7, 11) is 0. The fraction of sp³-hybridized carbons (Fsp3) is 0.636. The van der Waals surface area contributed by atoms with Crippen molar-refractivity contribution < 1.29 is 0 Å². The Balaban J connectivity index is 2.61. The average molecular weight is 277 g/mol. The van der Waals surface area contributed by atoms with Crippen LogP contribution < -0.4 is 5.32 Å². The van der Waals surface area contributed by atoms with Crippen molar-refractivity contribution in [2.45, 2.75) is 26.8 Å². The molecule has 0 aliphatic rings. The van der Waals surface area contributed by atoms with Gasteiger partial charge in [-0.15, -0.1) is 0 Å². The van der Waals surface area contributed by atoms with Gasteiger partial charge in [0.1, 0.15) is 10.8 Å². The average Bonchev–Trinajstić information content (AvgIpc) is 2.31. The van der Waals surface area contributed by atoms with Crippen molar-refractivity contribution >= 4 is 29.0 Å². The number of rotatable bonds is 6. The summed E-state index contributed by atoms with van der Waals surface area (Å²) in [6, 6.07) is 0.248. The van der Waals surface area contributed by atoms with Crippen molar-refractivity contribution in [1.29, 1.82) is 0 Å². The second-order valence-electron chi connectivity index (χ2n) is 3.87. The number of hydrogen-bond donors (Lipinski definition) is 1. The largest absolute Gasteiger partial charge is 0.365 e.